The zero-order valence-corrected chi connectivity index (χ0v) is 8.76. The number of amides is 1. The second-order valence-corrected chi connectivity index (χ2v) is 3.64. The minimum Gasteiger partial charge on any atom is -0.507 e. The van der Waals surface area contributed by atoms with Gasteiger partial charge in [0.15, 0.2) is 0 Å². The van der Waals surface area contributed by atoms with Gasteiger partial charge >= 0.3 is 0 Å². The second-order valence-electron chi connectivity index (χ2n) is 2.16. The normalized spacial score (nSPS) is 9.83. The average molecular weight is 297 g/mol. The van der Waals surface area contributed by atoms with Crippen LogP contribution in [0.2, 0.25) is 5.02 Å². The van der Waals surface area contributed by atoms with Crippen LogP contribution in [0.3, 0.4) is 0 Å². The Hall–Kier alpha value is -0.490. The fraction of sp³-hybridized carbons (Fsp3) is 0. The van der Waals surface area contributed by atoms with Crippen LogP contribution < -0.4 is 5.73 Å². The van der Waals surface area contributed by atoms with Gasteiger partial charge in [-0.1, -0.05) is 11.6 Å². The molecule has 0 saturated carbocycles. The minimum atomic E-state index is -0.608. The number of rotatable bonds is 1. The van der Waals surface area contributed by atoms with Crippen LogP contribution >= 0.6 is 34.2 Å². The van der Waals surface area contributed by atoms with Gasteiger partial charge in [0.1, 0.15) is 5.75 Å². The Bertz CT molecular complexity index is 317. The van der Waals surface area contributed by atoms with E-state index in [0.29, 0.717) is 8.59 Å². The van der Waals surface area contributed by atoms with Crippen LogP contribution in [0.4, 0.5) is 0 Å². The van der Waals surface area contributed by atoms with Crippen molar-refractivity contribution in [2.24, 2.45) is 5.73 Å². The van der Waals surface area contributed by atoms with Gasteiger partial charge in [0.05, 0.1) is 8.59 Å². The van der Waals surface area contributed by atoms with E-state index in [1.54, 1.807) is 0 Å². The molecule has 0 aliphatic rings. The fourth-order valence-electron chi connectivity index (χ4n) is 0.717. The van der Waals surface area contributed by atoms with Crippen LogP contribution in [0.5, 0.6) is 5.75 Å². The summed E-state index contributed by atoms with van der Waals surface area (Å²) in [6, 6.07) is 2.71. The number of carbonyl (C=O) groups is 1. The molecule has 0 aromatic heterocycles. The number of hydrogen-bond acceptors (Lipinski definition) is 2. The van der Waals surface area contributed by atoms with Crippen molar-refractivity contribution in [3.05, 3.63) is 26.3 Å². The number of halogens is 2. The first-order valence-corrected chi connectivity index (χ1v) is 4.46. The molecular weight excluding hydrogens is 292 g/mol. The lowest BCUT2D eigenvalue weighted by atomic mass is 10.2. The molecule has 0 radical (unpaired) electrons. The molecule has 3 nitrogen and oxygen atoms in total. The SMILES string of the molecule is NC(=O)c1cc(O)c(I)c(Cl)c1. The van der Waals surface area contributed by atoms with Gasteiger partial charge in [-0.15, -0.1) is 0 Å². The Morgan fingerprint density at radius 2 is 2.17 bits per heavy atom. The number of hydrogen-bond donors (Lipinski definition) is 2. The third kappa shape index (κ3) is 1.81. The highest BCUT2D eigenvalue weighted by Crippen LogP contribution is 2.28. The van der Waals surface area contributed by atoms with Crippen LogP contribution in [-0.4, -0.2) is 11.0 Å². The van der Waals surface area contributed by atoms with Crippen molar-refractivity contribution < 1.29 is 9.90 Å². The van der Waals surface area contributed by atoms with Crippen molar-refractivity contribution in [2.75, 3.05) is 0 Å². The highest BCUT2D eigenvalue weighted by molar-refractivity contribution is 14.1. The van der Waals surface area contributed by atoms with Crippen LogP contribution in [-0.2, 0) is 0 Å². The van der Waals surface area contributed by atoms with Gasteiger partial charge in [-0.25, -0.2) is 0 Å². The van der Waals surface area contributed by atoms with Crippen LogP contribution in [0.15, 0.2) is 12.1 Å². The van der Waals surface area contributed by atoms with Gasteiger partial charge < -0.3 is 10.8 Å². The third-order valence-corrected chi connectivity index (χ3v) is 3.04. The average Bonchev–Trinajstić information content (AvgIpc) is 1.99. The van der Waals surface area contributed by atoms with Crippen LogP contribution in [0.25, 0.3) is 0 Å². The van der Waals surface area contributed by atoms with Crippen molar-refractivity contribution in [2.45, 2.75) is 0 Å². The molecule has 0 atom stereocenters. The van der Waals surface area contributed by atoms with E-state index in [2.05, 4.69) is 0 Å². The van der Waals surface area contributed by atoms with Crippen LogP contribution in [0.1, 0.15) is 10.4 Å². The molecule has 0 fully saturated rings. The molecule has 1 amide bonds. The number of phenols is 1. The number of primary amides is 1. The molecule has 1 aromatic carbocycles. The summed E-state index contributed by atoms with van der Waals surface area (Å²) in [4.78, 5) is 10.7. The highest BCUT2D eigenvalue weighted by Gasteiger charge is 2.08. The van der Waals surface area contributed by atoms with Crippen molar-refractivity contribution >= 4 is 40.1 Å². The molecule has 1 aromatic rings. The fourth-order valence-corrected chi connectivity index (χ4v) is 1.24. The monoisotopic (exact) mass is 297 g/mol. The first-order chi connectivity index (χ1) is 5.52. The molecule has 0 bridgehead atoms. The molecule has 0 spiro atoms. The molecule has 5 heteroatoms. The molecule has 0 aliphatic carbocycles. The minimum absolute atomic E-state index is 0.0306. The highest BCUT2D eigenvalue weighted by atomic mass is 127. The summed E-state index contributed by atoms with van der Waals surface area (Å²) in [7, 11) is 0. The summed E-state index contributed by atoms with van der Waals surface area (Å²) in [5, 5.41) is 9.55. The summed E-state index contributed by atoms with van der Waals surface area (Å²) in [5.74, 6) is -0.638. The van der Waals surface area contributed by atoms with Gasteiger partial charge in [0, 0.05) is 5.56 Å². The zero-order chi connectivity index (χ0) is 9.30. The largest absolute Gasteiger partial charge is 0.507 e. The van der Waals surface area contributed by atoms with Crippen molar-refractivity contribution in [1.82, 2.24) is 0 Å². The number of aromatic hydroxyl groups is 1. The maximum absolute atomic E-state index is 10.7. The summed E-state index contributed by atoms with van der Waals surface area (Å²) >= 11 is 7.56. The van der Waals surface area contributed by atoms with Crippen molar-refractivity contribution in [3.63, 3.8) is 0 Å². The second kappa shape index (κ2) is 3.49. The van der Waals surface area contributed by atoms with Gasteiger partial charge in [-0.2, -0.15) is 0 Å². The lowest BCUT2D eigenvalue weighted by Crippen LogP contribution is -2.10. The summed E-state index contributed by atoms with van der Waals surface area (Å²) < 4.78 is 0.513. The zero-order valence-electron chi connectivity index (χ0n) is 5.84. The van der Waals surface area contributed by atoms with Gasteiger partial charge in [-0.05, 0) is 34.7 Å². The molecule has 3 N–H and O–H groups in total. The number of nitrogens with two attached hydrogens (primary N) is 1. The van der Waals surface area contributed by atoms with E-state index in [4.69, 9.17) is 17.3 Å². The molecule has 0 saturated heterocycles. The Morgan fingerprint density at radius 3 is 2.58 bits per heavy atom. The predicted molar refractivity (Wildman–Crippen MR) is 54.4 cm³/mol. The topological polar surface area (TPSA) is 63.3 Å². The van der Waals surface area contributed by atoms with E-state index < -0.39 is 5.91 Å². The molecule has 1 rings (SSSR count). The lowest BCUT2D eigenvalue weighted by molar-refractivity contribution is 0.1000. The summed E-state index contributed by atoms with van der Waals surface area (Å²) in [6.45, 7) is 0. The van der Waals surface area contributed by atoms with E-state index in [0.717, 1.165) is 0 Å². The van der Waals surface area contributed by atoms with Gasteiger partial charge in [0.2, 0.25) is 5.91 Å². The molecule has 12 heavy (non-hydrogen) atoms. The Labute approximate surface area is 87.7 Å². The van der Waals surface area contributed by atoms with Gasteiger partial charge in [-0.3, -0.25) is 4.79 Å². The summed E-state index contributed by atoms with van der Waals surface area (Å²) in [5.41, 5.74) is 5.20. The maximum Gasteiger partial charge on any atom is 0.248 e. The number of phenolic OH excluding ortho intramolecular Hbond substituents is 1. The van der Waals surface area contributed by atoms with Crippen molar-refractivity contribution in [1.29, 1.82) is 0 Å². The molecule has 0 heterocycles. The summed E-state index contributed by atoms with van der Waals surface area (Å²) in [6.07, 6.45) is 0. The molecule has 0 unspecified atom stereocenters. The van der Waals surface area contributed by atoms with E-state index in [-0.39, 0.29) is 11.3 Å². The Morgan fingerprint density at radius 1 is 1.58 bits per heavy atom. The number of benzene rings is 1. The number of carbonyl (C=O) groups excluding carboxylic acids is 1. The van der Waals surface area contributed by atoms with Crippen LogP contribution in [0, 0.1) is 3.57 Å². The third-order valence-electron chi connectivity index (χ3n) is 1.29. The molecule has 0 aliphatic heterocycles. The van der Waals surface area contributed by atoms with E-state index in [1.165, 1.54) is 12.1 Å². The van der Waals surface area contributed by atoms with Gasteiger partial charge in [0.25, 0.3) is 0 Å². The first kappa shape index (κ1) is 9.60. The quantitative estimate of drug-likeness (QED) is 0.776. The smallest absolute Gasteiger partial charge is 0.248 e. The Kier molecular flexibility index (Phi) is 2.79. The van der Waals surface area contributed by atoms with E-state index in [9.17, 15) is 9.90 Å². The molecule has 64 valence electrons. The first-order valence-electron chi connectivity index (χ1n) is 3.00. The predicted octanol–water partition coefficient (Wildman–Crippen LogP) is 1.75. The standard InChI is InChI=1S/C7H5ClINO2/c8-4-1-3(7(10)12)2-5(11)6(4)9/h1-2,11H,(H2,10,12). The lowest BCUT2D eigenvalue weighted by Gasteiger charge is -2.01. The van der Waals surface area contributed by atoms with Crippen molar-refractivity contribution in [3.8, 4) is 5.75 Å². The molecular formula is C7H5ClINO2. The van der Waals surface area contributed by atoms with E-state index in [1.807, 2.05) is 22.6 Å². The maximum atomic E-state index is 10.7. The van der Waals surface area contributed by atoms with E-state index >= 15 is 0 Å². The Balaban J connectivity index is 3.31.